The van der Waals surface area contributed by atoms with Crippen LogP contribution in [0, 0.1) is 0 Å². The van der Waals surface area contributed by atoms with Gasteiger partial charge < -0.3 is 5.11 Å². The number of H-pyrrole nitrogens is 1. The van der Waals surface area contributed by atoms with E-state index in [0.29, 0.717) is 5.65 Å². The van der Waals surface area contributed by atoms with Gasteiger partial charge in [-0.25, -0.2) is 14.3 Å². The van der Waals surface area contributed by atoms with Gasteiger partial charge in [-0.3, -0.25) is 5.10 Å². The molecule has 0 unspecified atom stereocenters. The highest BCUT2D eigenvalue weighted by molar-refractivity contribution is 5.94. The summed E-state index contributed by atoms with van der Waals surface area (Å²) in [4.78, 5) is 15.2. The molecule has 2 aromatic heterocycles. The third-order valence-corrected chi connectivity index (χ3v) is 2.69. The number of hydrogen-bond acceptors (Lipinski definition) is 2. The first kappa shape index (κ1) is 7.61. The third-order valence-electron chi connectivity index (χ3n) is 2.69. The Hall–Kier alpha value is -1.78. The molecule has 0 spiro atoms. The molecule has 0 aliphatic heterocycles. The third kappa shape index (κ3) is 0.787. The van der Waals surface area contributed by atoms with E-state index in [4.69, 9.17) is 5.11 Å². The number of nitrogens with one attached hydrogen (secondary N) is 1. The van der Waals surface area contributed by atoms with Gasteiger partial charge in [0.05, 0.1) is 11.4 Å². The van der Waals surface area contributed by atoms with Crippen molar-refractivity contribution in [1.82, 2.24) is 14.6 Å². The highest BCUT2D eigenvalue weighted by atomic mass is 16.4. The van der Waals surface area contributed by atoms with Gasteiger partial charge >= 0.3 is 5.97 Å². The predicted octanol–water partition coefficient (Wildman–Crippen LogP) is 0.849. The van der Waals surface area contributed by atoms with Crippen LogP contribution in [0.25, 0.3) is 5.65 Å². The fraction of sp³-hybridized carbons (Fsp3) is 0.333. The monoisotopic (exact) mass is 191 g/mol. The average molecular weight is 191 g/mol. The van der Waals surface area contributed by atoms with Crippen molar-refractivity contribution >= 4 is 11.6 Å². The van der Waals surface area contributed by atoms with E-state index in [9.17, 15) is 4.79 Å². The summed E-state index contributed by atoms with van der Waals surface area (Å²) in [5.74, 6) is -0.931. The predicted molar refractivity (Wildman–Crippen MR) is 48.5 cm³/mol. The van der Waals surface area contributed by atoms with Crippen molar-refractivity contribution in [2.75, 3.05) is 0 Å². The van der Waals surface area contributed by atoms with Crippen LogP contribution in [0.4, 0.5) is 0 Å². The van der Waals surface area contributed by atoms with Crippen molar-refractivity contribution < 1.29 is 9.90 Å². The molecule has 0 atom stereocenters. The highest BCUT2D eigenvalue weighted by Gasteiger charge is 2.22. The van der Waals surface area contributed by atoms with Gasteiger partial charge in [-0.15, -0.1) is 0 Å². The van der Waals surface area contributed by atoms with Crippen LogP contribution in [0.1, 0.15) is 28.2 Å². The van der Waals surface area contributed by atoms with Crippen molar-refractivity contribution in [2.24, 2.45) is 0 Å². The number of aromatic amines is 1. The van der Waals surface area contributed by atoms with Gasteiger partial charge in [0.2, 0.25) is 0 Å². The Morgan fingerprint density at radius 2 is 2.43 bits per heavy atom. The zero-order chi connectivity index (χ0) is 9.71. The summed E-state index contributed by atoms with van der Waals surface area (Å²) in [5.41, 5.74) is 2.97. The van der Waals surface area contributed by atoms with Crippen LogP contribution >= 0.6 is 0 Å². The minimum atomic E-state index is -0.931. The molecule has 0 radical (unpaired) electrons. The maximum Gasteiger partial charge on any atom is 0.341 e. The number of nitrogens with zero attached hydrogens (tertiary/aromatic N) is 2. The summed E-state index contributed by atoms with van der Waals surface area (Å²) >= 11 is 0. The average Bonchev–Trinajstić information content (AvgIpc) is 2.70. The second kappa shape index (κ2) is 2.37. The van der Waals surface area contributed by atoms with Crippen molar-refractivity contribution in [2.45, 2.75) is 19.3 Å². The van der Waals surface area contributed by atoms with Crippen LogP contribution in [0.2, 0.25) is 0 Å². The molecule has 2 N–H and O–H groups in total. The van der Waals surface area contributed by atoms with Gasteiger partial charge in [0, 0.05) is 6.20 Å². The maximum atomic E-state index is 10.8. The number of aromatic nitrogens is 3. The zero-order valence-electron chi connectivity index (χ0n) is 7.45. The van der Waals surface area contributed by atoms with Crippen LogP contribution in [0.15, 0.2) is 6.20 Å². The molecule has 0 bridgehead atoms. The lowest BCUT2D eigenvalue weighted by Gasteiger charge is -1.89. The molecular weight excluding hydrogens is 182 g/mol. The van der Waals surface area contributed by atoms with E-state index in [1.165, 1.54) is 6.20 Å². The quantitative estimate of drug-likeness (QED) is 0.702. The minimum absolute atomic E-state index is 0.249. The number of carbonyl (C=O) groups is 1. The van der Waals surface area contributed by atoms with Crippen LogP contribution in [-0.4, -0.2) is 25.7 Å². The summed E-state index contributed by atoms with van der Waals surface area (Å²) in [6.07, 6.45) is 4.55. The lowest BCUT2D eigenvalue weighted by atomic mass is 10.3. The Morgan fingerprint density at radius 1 is 1.57 bits per heavy atom. The fourth-order valence-corrected chi connectivity index (χ4v) is 2.05. The first-order valence-electron chi connectivity index (χ1n) is 4.58. The molecule has 0 saturated carbocycles. The van der Waals surface area contributed by atoms with Crippen molar-refractivity contribution in [3.05, 3.63) is 23.1 Å². The van der Waals surface area contributed by atoms with Gasteiger partial charge in [0.15, 0.2) is 5.65 Å². The number of fused-ring (bicyclic) bond motifs is 3. The molecule has 14 heavy (non-hydrogen) atoms. The van der Waals surface area contributed by atoms with E-state index in [1.54, 1.807) is 4.52 Å². The van der Waals surface area contributed by atoms with E-state index in [0.717, 1.165) is 30.7 Å². The van der Waals surface area contributed by atoms with Crippen LogP contribution < -0.4 is 0 Å². The number of aromatic carboxylic acids is 1. The zero-order valence-corrected chi connectivity index (χ0v) is 7.45. The molecule has 1 aliphatic rings. The van der Waals surface area contributed by atoms with E-state index in [2.05, 4.69) is 10.1 Å². The molecule has 5 nitrogen and oxygen atoms in total. The Labute approximate surface area is 79.4 Å². The molecular formula is C9H9N3O2. The fourth-order valence-electron chi connectivity index (χ4n) is 2.05. The van der Waals surface area contributed by atoms with Gasteiger partial charge in [0.25, 0.3) is 0 Å². The summed E-state index contributed by atoms with van der Waals surface area (Å²) < 4.78 is 1.78. The molecule has 0 fully saturated rings. The Kier molecular flexibility index (Phi) is 1.29. The summed E-state index contributed by atoms with van der Waals surface area (Å²) in [5, 5.41) is 11.8. The molecule has 2 aromatic rings. The van der Waals surface area contributed by atoms with Gasteiger partial charge in [-0.1, -0.05) is 0 Å². The Bertz CT molecular complexity index is 523. The summed E-state index contributed by atoms with van der Waals surface area (Å²) in [6, 6.07) is 0. The highest BCUT2D eigenvalue weighted by Crippen LogP contribution is 2.23. The van der Waals surface area contributed by atoms with E-state index >= 15 is 0 Å². The maximum absolute atomic E-state index is 10.8. The summed E-state index contributed by atoms with van der Waals surface area (Å²) in [6.45, 7) is 0. The lowest BCUT2D eigenvalue weighted by molar-refractivity contribution is 0.0699. The number of imidazole rings is 1. The molecule has 0 amide bonds. The first-order valence-corrected chi connectivity index (χ1v) is 4.58. The number of rotatable bonds is 1. The van der Waals surface area contributed by atoms with Gasteiger partial charge in [-0.2, -0.15) is 0 Å². The SMILES string of the molecule is O=C(O)c1c[nH]n2c3c(nc12)CCC3. The number of hydrogen-bond donors (Lipinski definition) is 2. The molecule has 3 rings (SSSR count). The molecule has 72 valence electrons. The van der Waals surface area contributed by atoms with E-state index in [1.807, 2.05) is 0 Å². The molecule has 1 aliphatic carbocycles. The van der Waals surface area contributed by atoms with Crippen LogP contribution in [0.5, 0.6) is 0 Å². The van der Waals surface area contributed by atoms with Gasteiger partial charge in [0.1, 0.15) is 5.56 Å². The Balaban J connectivity index is 2.33. The smallest absolute Gasteiger partial charge is 0.341 e. The second-order valence-electron chi connectivity index (χ2n) is 3.51. The van der Waals surface area contributed by atoms with E-state index < -0.39 is 5.97 Å². The largest absolute Gasteiger partial charge is 0.477 e. The number of carboxylic acids is 1. The summed E-state index contributed by atoms with van der Waals surface area (Å²) in [7, 11) is 0. The standard InChI is InChI=1S/C9H9N3O2/c13-9(14)5-4-10-12-7-3-1-2-6(7)11-8(5)12/h4,10H,1-3H2,(H,13,14). The Morgan fingerprint density at radius 3 is 3.21 bits per heavy atom. The molecule has 5 heteroatoms. The van der Waals surface area contributed by atoms with Crippen molar-refractivity contribution in [3.8, 4) is 0 Å². The topological polar surface area (TPSA) is 70.4 Å². The molecule has 2 heterocycles. The van der Waals surface area contributed by atoms with Crippen molar-refractivity contribution in [1.29, 1.82) is 0 Å². The van der Waals surface area contributed by atoms with Crippen LogP contribution in [0.3, 0.4) is 0 Å². The second-order valence-corrected chi connectivity index (χ2v) is 3.51. The lowest BCUT2D eigenvalue weighted by Crippen LogP contribution is -1.95. The van der Waals surface area contributed by atoms with Crippen LogP contribution in [-0.2, 0) is 12.8 Å². The number of aryl methyl sites for hydroxylation is 2. The first-order chi connectivity index (χ1) is 6.77. The number of carboxylic acid groups (broad SMARTS) is 1. The van der Waals surface area contributed by atoms with E-state index in [-0.39, 0.29) is 5.56 Å². The minimum Gasteiger partial charge on any atom is -0.477 e. The normalized spacial score (nSPS) is 14.9. The van der Waals surface area contributed by atoms with Crippen molar-refractivity contribution in [3.63, 3.8) is 0 Å². The van der Waals surface area contributed by atoms with Gasteiger partial charge in [-0.05, 0) is 19.3 Å². The molecule has 0 saturated heterocycles. The molecule has 0 aromatic carbocycles.